The van der Waals surface area contributed by atoms with Gasteiger partial charge in [0, 0.05) is 23.4 Å². The van der Waals surface area contributed by atoms with E-state index in [0.29, 0.717) is 22.8 Å². The van der Waals surface area contributed by atoms with Crippen molar-refractivity contribution in [1.82, 2.24) is 9.78 Å². The topological polar surface area (TPSA) is 82.5 Å². The van der Waals surface area contributed by atoms with Crippen LogP contribution in [0.1, 0.15) is 16.7 Å². The predicted octanol–water partition coefficient (Wildman–Crippen LogP) is 3.49. The Morgan fingerprint density at radius 3 is 2.33 bits per heavy atom. The lowest BCUT2D eigenvalue weighted by atomic mass is 10.1. The molecule has 2 aromatic carbocycles. The Morgan fingerprint density at radius 1 is 1.00 bits per heavy atom. The maximum absolute atomic E-state index is 12.6. The Hall–Kier alpha value is -3.61. The van der Waals surface area contributed by atoms with Gasteiger partial charge in [-0.15, -0.1) is 0 Å². The molecule has 0 saturated heterocycles. The molecule has 1 N–H and O–H groups in total. The fourth-order valence-electron chi connectivity index (χ4n) is 3.41. The third-order valence-corrected chi connectivity index (χ3v) is 4.79. The van der Waals surface area contributed by atoms with E-state index in [1.54, 1.807) is 38.5 Å². The van der Waals surface area contributed by atoms with Gasteiger partial charge in [0.2, 0.25) is 5.91 Å². The Kier molecular flexibility index (Phi) is 6.20. The standard InChI is InChI=1S/C23H25N3O4/c1-14-10-15(2)23(16(3)11-14)24-21(27)13-26-22(28)9-8-19(25-26)18-7-6-17(29-4)12-20(18)30-5/h6-12H,13H2,1-5H3,(H,24,27). The van der Waals surface area contributed by atoms with Crippen LogP contribution in [0.25, 0.3) is 11.3 Å². The maximum atomic E-state index is 12.6. The van der Waals surface area contributed by atoms with Crippen LogP contribution in [0.2, 0.25) is 0 Å². The summed E-state index contributed by atoms with van der Waals surface area (Å²) in [6, 6.07) is 12.3. The van der Waals surface area contributed by atoms with Crippen LogP contribution in [0.3, 0.4) is 0 Å². The Labute approximate surface area is 175 Å². The number of anilines is 1. The molecule has 0 fully saturated rings. The van der Waals surface area contributed by atoms with Crippen molar-refractivity contribution in [2.24, 2.45) is 0 Å². The summed E-state index contributed by atoms with van der Waals surface area (Å²) in [6.45, 7) is 5.69. The molecular formula is C23H25N3O4. The first kappa shape index (κ1) is 21.1. The minimum absolute atomic E-state index is 0.197. The molecule has 30 heavy (non-hydrogen) atoms. The van der Waals surface area contributed by atoms with E-state index in [1.807, 2.05) is 32.9 Å². The van der Waals surface area contributed by atoms with E-state index in [4.69, 9.17) is 9.47 Å². The summed E-state index contributed by atoms with van der Waals surface area (Å²) in [4.78, 5) is 24.9. The van der Waals surface area contributed by atoms with Crippen LogP contribution in [-0.4, -0.2) is 29.9 Å². The molecule has 0 radical (unpaired) electrons. The molecule has 1 heterocycles. The SMILES string of the molecule is COc1ccc(-c2ccc(=O)n(CC(=O)Nc3c(C)cc(C)cc3C)n2)c(OC)c1. The van der Waals surface area contributed by atoms with Crippen molar-refractivity contribution in [3.8, 4) is 22.8 Å². The summed E-state index contributed by atoms with van der Waals surface area (Å²) in [5.41, 5.74) is 4.67. The monoisotopic (exact) mass is 407 g/mol. The molecular weight excluding hydrogens is 382 g/mol. The number of methoxy groups -OCH3 is 2. The van der Waals surface area contributed by atoms with E-state index in [0.717, 1.165) is 27.1 Å². The van der Waals surface area contributed by atoms with Crippen LogP contribution in [0.5, 0.6) is 11.5 Å². The second-order valence-electron chi connectivity index (χ2n) is 7.10. The Balaban J connectivity index is 1.88. The Bertz CT molecular complexity index is 1130. The number of nitrogens with one attached hydrogen (secondary N) is 1. The minimum Gasteiger partial charge on any atom is -0.497 e. The van der Waals surface area contributed by atoms with Crippen molar-refractivity contribution in [2.75, 3.05) is 19.5 Å². The summed E-state index contributed by atoms with van der Waals surface area (Å²) in [7, 11) is 3.12. The molecule has 7 nitrogen and oxygen atoms in total. The molecule has 3 aromatic rings. The van der Waals surface area contributed by atoms with E-state index in [-0.39, 0.29) is 18.0 Å². The lowest BCUT2D eigenvalue weighted by Crippen LogP contribution is -2.29. The van der Waals surface area contributed by atoms with Gasteiger partial charge >= 0.3 is 0 Å². The van der Waals surface area contributed by atoms with Crippen molar-refractivity contribution in [2.45, 2.75) is 27.3 Å². The molecule has 0 aliphatic heterocycles. The van der Waals surface area contributed by atoms with Crippen LogP contribution in [0, 0.1) is 20.8 Å². The summed E-state index contributed by atoms with van der Waals surface area (Å²) < 4.78 is 11.8. The van der Waals surface area contributed by atoms with Gasteiger partial charge in [0.1, 0.15) is 18.0 Å². The van der Waals surface area contributed by atoms with Gasteiger partial charge in [-0.25, -0.2) is 4.68 Å². The van der Waals surface area contributed by atoms with Crippen molar-refractivity contribution in [1.29, 1.82) is 0 Å². The van der Waals surface area contributed by atoms with Gasteiger partial charge < -0.3 is 14.8 Å². The minimum atomic E-state index is -0.362. The van der Waals surface area contributed by atoms with Gasteiger partial charge in [0.15, 0.2) is 0 Å². The van der Waals surface area contributed by atoms with Crippen LogP contribution >= 0.6 is 0 Å². The Morgan fingerprint density at radius 2 is 1.70 bits per heavy atom. The third-order valence-electron chi connectivity index (χ3n) is 4.79. The summed E-state index contributed by atoms with van der Waals surface area (Å²) in [5, 5.41) is 7.27. The number of aryl methyl sites for hydroxylation is 3. The first-order chi connectivity index (χ1) is 14.3. The molecule has 0 bridgehead atoms. The van der Waals surface area contributed by atoms with Crippen molar-refractivity contribution >= 4 is 11.6 Å². The highest BCUT2D eigenvalue weighted by Gasteiger charge is 2.14. The number of hydrogen-bond acceptors (Lipinski definition) is 5. The van der Waals surface area contributed by atoms with Crippen molar-refractivity contribution in [3.05, 3.63) is 69.5 Å². The van der Waals surface area contributed by atoms with Gasteiger partial charge in [-0.1, -0.05) is 17.7 Å². The highest BCUT2D eigenvalue weighted by Crippen LogP contribution is 2.31. The number of carbonyl (C=O) groups is 1. The van der Waals surface area contributed by atoms with Crippen molar-refractivity contribution in [3.63, 3.8) is 0 Å². The molecule has 0 aliphatic carbocycles. The average molecular weight is 407 g/mol. The molecule has 0 spiro atoms. The highest BCUT2D eigenvalue weighted by molar-refractivity contribution is 5.92. The van der Waals surface area contributed by atoms with Gasteiger partial charge in [-0.05, 0) is 50.1 Å². The zero-order chi connectivity index (χ0) is 21.8. The fraction of sp³-hybridized carbons (Fsp3) is 0.261. The molecule has 0 atom stereocenters. The van der Waals surface area contributed by atoms with E-state index < -0.39 is 0 Å². The van der Waals surface area contributed by atoms with Gasteiger partial charge in [-0.2, -0.15) is 5.10 Å². The average Bonchev–Trinajstić information content (AvgIpc) is 2.71. The van der Waals surface area contributed by atoms with Crippen LogP contribution in [-0.2, 0) is 11.3 Å². The number of rotatable bonds is 6. The second-order valence-corrected chi connectivity index (χ2v) is 7.10. The lowest BCUT2D eigenvalue weighted by Gasteiger charge is -2.14. The highest BCUT2D eigenvalue weighted by atomic mass is 16.5. The van der Waals surface area contributed by atoms with E-state index >= 15 is 0 Å². The largest absolute Gasteiger partial charge is 0.497 e. The first-order valence-electron chi connectivity index (χ1n) is 9.50. The number of ether oxygens (including phenoxy) is 2. The smallest absolute Gasteiger partial charge is 0.267 e. The van der Waals surface area contributed by atoms with Crippen molar-refractivity contribution < 1.29 is 14.3 Å². The molecule has 0 unspecified atom stereocenters. The zero-order valence-electron chi connectivity index (χ0n) is 17.8. The quantitative estimate of drug-likeness (QED) is 0.676. The number of nitrogens with zero attached hydrogens (tertiary/aromatic N) is 2. The second kappa shape index (κ2) is 8.82. The van der Waals surface area contributed by atoms with Crippen LogP contribution in [0.15, 0.2) is 47.3 Å². The number of benzene rings is 2. The van der Waals surface area contributed by atoms with E-state index in [9.17, 15) is 9.59 Å². The molecule has 1 aromatic heterocycles. The first-order valence-corrected chi connectivity index (χ1v) is 9.50. The lowest BCUT2D eigenvalue weighted by molar-refractivity contribution is -0.117. The molecule has 0 saturated carbocycles. The van der Waals surface area contributed by atoms with Crippen LogP contribution < -0.4 is 20.3 Å². The van der Waals surface area contributed by atoms with E-state index in [1.165, 1.54) is 6.07 Å². The predicted molar refractivity (Wildman–Crippen MR) is 116 cm³/mol. The molecule has 156 valence electrons. The zero-order valence-corrected chi connectivity index (χ0v) is 17.8. The van der Waals surface area contributed by atoms with Gasteiger partial charge in [-0.3, -0.25) is 9.59 Å². The number of aromatic nitrogens is 2. The number of amides is 1. The number of hydrogen-bond donors (Lipinski definition) is 1. The van der Waals surface area contributed by atoms with Gasteiger partial charge in [0.05, 0.1) is 19.9 Å². The molecule has 3 rings (SSSR count). The molecule has 0 aliphatic rings. The third kappa shape index (κ3) is 4.51. The van der Waals surface area contributed by atoms with Gasteiger partial charge in [0.25, 0.3) is 5.56 Å². The summed E-state index contributed by atoms with van der Waals surface area (Å²) in [6.07, 6.45) is 0. The fourth-order valence-corrected chi connectivity index (χ4v) is 3.41. The maximum Gasteiger partial charge on any atom is 0.267 e. The summed E-state index contributed by atoms with van der Waals surface area (Å²) in [5.74, 6) is 0.882. The summed E-state index contributed by atoms with van der Waals surface area (Å²) >= 11 is 0. The van der Waals surface area contributed by atoms with Crippen LogP contribution in [0.4, 0.5) is 5.69 Å². The number of carbonyl (C=O) groups excluding carboxylic acids is 1. The molecule has 7 heteroatoms. The molecule has 1 amide bonds. The van der Waals surface area contributed by atoms with E-state index in [2.05, 4.69) is 10.4 Å². The normalized spacial score (nSPS) is 10.6.